The molecule has 3 atom stereocenters. The summed E-state index contributed by atoms with van der Waals surface area (Å²) in [5, 5.41) is 0. The number of ketones is 1. The van der Waals surface area contributed by atoms with Crippen molar-refractivity contribution in [3.8, 4) is 0 Å². The Morgan fingerprint density at radius 1 is 1.50 bits per heavy atom. The molecule has 78 valence electrons. The molecule has 0 aromatic carbocycles. The van der Waals surface area contributed by atoms with Gasteiger partial charge in [0, 0.05) is 32.2 Å². The minimum atomic E-state index is -0.247. The van der Waals surface area contributed by atoms with Gasteiger partial charge in [0.25, 0.3) is 0 Å². The van der Waals surface area contributed by atoms with Gasteiger partial charge in [-0.05, 0) is 7.05 Å². The summed E-state index contributed by atoms with van der Waals surface area (Å²) in [5.74, 6) is 0.0520. The highest BCUT2D eigenvalue weighted by atomic mass is 16.5. The molecule has 0 aliphatic carbocycles. The van der Waals surface area contributed by atoms with Gasteiger partial charge in [0.05, 0.1) is 6.04 Å². The molecule has 0 aromatic rings. The monoisotopic (exact) mass is 197 g/mol. The summed E-state index contributed by atoms with van der Waals surface area (Å²) in [6.45, 7) is 1.42. The lowest BCUT2D eigenvalue weighted by molar-refractivity contribution is -0.148. The van der Waals surface area contributed by atoms with Gasteiger partial charge in [-0.1, -0.05) is 0 Å². The average molecular weight is 197 g/mol. The lowest BCUT2D eigenvalue weighted by atomic mass is 10.0. The van der Waals surface area contributed by atoms with E-state index in [1.807, 2.05) is 7.05 Å². The molecule has 14 heavy (non-hydrogen) atoms. The van der Waals surface area contributed by atoms with Crippen molar-refractivity contribution in [3.05, 3.63) is 0 Å². The lowest BCUT2D eigenvalue weighted by Gasteiger charge is -2.30. The van der Waals surface area contributed by atoms with Crippen LogP contribution in [0.2, 0.25) is 0 Å². The minimum absolute atomic E-state index is 0.0750. The molecule has 0 N–H and O–H groups in total. The molecule has 2 fully saturated rings. The van der Waals surface area contributed by atoms with E-state index in [1.54, 1.807) is 0 Å². The third-order valence-electron chi connectivity index (χ3n) is 3.25. The molecule has 2 aliphatic heterocycles. The summed E-state index contributed by atoms with van der Waals surface area (Å²) >= 11 is 0. The number of rotatable bonds is 1. The summed E-state index contributed by atoms with van der Waals surface area (Å²) in [7, 11) is 2.01. The van der Waals surface area contributed by atoms with E-state index in [9.17, 15) is 9.59 Å². The maximum absolute atomic E-state index is 11.3. The second-order valence-electron chi connectivity index (χ2n) is 4.22. The van der Waals surface area contributed by atoms with Gasteiger partial charge in [0.15, 0.2) is 0 Å². The third-order valence-corrected chi connectivity index (χ3v) is 3.25. The third kappa shape index (κ3) is 1.54. The van der Waals surface area contributed by atoms with Crippen LogP contribution in [0, 0.1) is 0 Å². The number of likely N-dealkylation sites (N-methyl/N-ethyl adjacent to an activating group) is 1. The number of fused-ring (bicyclic) bond motifs is 2. The van der Waals surface area contributed by atoms with E-state index in [0.29, 0.717) is 18.6 Å². The minimum Gasteiger partial charge on any atom is -0.461 e. The second-order valence-corrected chi connectivity index (χ2v) is 4.22. The smallest absolute Gasteiger partial charge is 0.302 e. The largest absolute Gasteiger partial charge is 0.461 e. The van der Waals surface area contributed by atoms with E-state index < -0.39 is 0 Å². The molecule has 0 amide bonds. The van der Waals surface area contributed by atoms with Crippen molar-refractivity contribution in [2.45, 2.75) is 44.4 Å². The van der Waals surface area contributed by atoms with Gasteiger partial charge in [0.1, 0.15) is 11.9 Å². The molecule has 2 bridgehead atoms. The zero-order chi connectivity index (χ0) is 10.3. The Morgan fingerprint density at radius 3 is 2.86 bits per heavy atom. The Kier molecular flexibility index (Phi) is 2.31. The summed E-state index contributed by atoms with van der Waals surface area (Å²) < 4.78 is 5.21. The number of hydrogen-bond donors (Lipinski definition) is 0. The number of esters is 1. The molecule has 2 rings (SSSR count). The van der Waals surface area contributed by atoms with Gasteiger partial charge in [-0.3, -0.25) is 14.5 Å². The SMILES string of the molecule is CC(=O)O[C@H]1C[C@H]2CC(=O)C[C@@H]1N2C. The first-order chi connectivity index (χ1) is 6.58. The van der Waals surface area contributed by atoms with Gasteiger partial charge >= 0.3 is 5.97 Å². The van der Waals surface area contributed by atoms with Crippen LogP contribution in [0.1, 0.15) is 26.2 Å². The number of carbonyl (C=O) groups excluding carboxylic acids is 2. The number of hydrogen-bond acceptors (Lipinski definition) is 4. The van der Waals surface area contributed by atoms with Crippen LogP contribution in [-0.2, 0) is 14.3 Å². The van der Waals surface area contributed by atoms with E-state index >= 15 is 0 Å². The first-order valence-electron chi connectivity index (χ1n) is 4.99. The van der Waals surface area contributed by atoms with E-state index in [-0.39, 0.29) is 24.2 Å². The molecule has 0 radical (unpaired) electrons. The maximum atomic E-state index is 11.3. The quantitative estimate of drug-likeness (QED) is 0.569. The van der Waals surface area contributed by atoms with E-state index in [0.717, 1.165) is 6.42 Å². The van der Waals surface area contributed by atoms with Gasteiger partial charge in [0.2, 0.25) is 0 Å². The maximum Gasteiger partial charge on any atom is 0.302 e. The predicted molar refractivity (Wildman–Crippen MR) is 49.8 cm³/mol. The van der Waals surface area contributed by atoms with Crippen LogP contribution in [0.4, 0.5) is 0 Å². The molecule has 2 aliphatic rings. The van der Waals surface area contributed by atoms with Gasteiger partial charge in [-0.2, -0.15) is 0 Å². The summed E-state index contributed by atoms with van der Waals surface area (Å²) in [6.07, 6.45) is 1.89. The van der Waals surface area contributed by atoms with Crippen LogP contribution in [0.3, 0.4) is 0 Å². The molecule has 2 heterocycles. The van der Waals surface area contributed by atoms with E-state index in [1.165, 1.54) is 6.92 Å². The lowest BCUT2D eigenvalue weighted by Crippen LogP contribution is -2.43. The van der Waals surface area contributed by atoms with E-state index in [4.69, 9.17) is 4.74 Å². The summed E-state index contributed by atoms with van der Waals surface area (Å²) in [6, 6.07) is 0.399. The van der Waals surface area contributed by atoms with Crippen molar-refractivity contribution < 1.29 is 14.3 Å². The first kappa shape index (κ1) is 9.65. The Labute approximate surface area is 83.2 Å². The fourth-order valence-electron chi connectivity index (χ4n) is 2.55. The molecular weight excluding hydrogens is 182 g/mol. The van der Waals surface area contributed by atoms with Crippen molar-refractivity contribution in [3.63, 3.8) is 0 Å². The molecule has 4 nitrogen and oxygen atoms in total. The zero-order valence-electron chi connectivity index (χ0n) is 8.53. The van der Waals surface area contributed by atoms with Crippen LogP contribution in [-0.4, -0.2) is 41.9 Å². The molecule has 0 saturated carbocycles. The fourth-order valence-corrected chi connectivity index (χ4v) is 2.55. The average Bonchev–Trinajstić information content (AvgIpc) is 2.30. The fraction of sp³-hybridized carbons (Fsp3) is 0.800. The normalized spacial score (nSPS) is 37.3. The molecule has 0 aromatic heterocycles. The van der Waals surface area contributed by atoms with Crippen LogP contribution >= 0.6 is 0 Å². The van der Waals surface area contributed by atoms with Gasteiger partial charge in [-0.25, -0.2) is 0 Å². The molecule has 2 saturated heterocycles. The van der Waals surface area contributed by atoms with Gasteiger partial charge < -0.3 is 4.74 Å². The van der Waals surface area contributed by atoms with Crippen molar-refractivity contribution >= 4 is 11.8 Å². The van der Waals surface area contributed by atoms with E-state index in [2.05, 4.69) is 4.90 Å². The molecule has 0 unspecified atom stereocenters. The Morgan fingerprint density at radius 2 is 2.21 bits per heavy atom. The summed E-state index contributed by atoms with van der Waals surface area (Å²) in [5.41, 5.74) is 0. The zero-order valence-corrected chi connectivity index (χ0v) is 8.53. The van der Waals surface area contributed by atoms with Crippen LogP contribution < -0.4 is 0 Å². The topological polar surface area (TPSA) is 46.6 Å². The van der Waals surface area contributed by atoms with Crippen molar-refractivity contribution in [2.75, 3.05) is 7.05 Å². The Balaban J connectivity index is 2.09. The van der Waals surface area contributed by atoms with Gasteiger partial charge in [-0.15, -0.1) is 0 Å². The number of carbonyl (C=O) groups is 2. The first-order valence-corrected chi connectivity index (χ1v) is 4.99. The highest BCUT2D eigenvalue weighted by molar-refractivity contribution is 5.81. The van der Waals surface area contributed by atoms with Crippen LogP contribution in [0.25, 0.3) is 0 Å². The number of nitrogens with zero attached hydrogens (tertiary/aromatic N) is 1. The Bertz CT molecular complexity index is 277. The number of ether oxygens (including phenoxy) is 1. The molecule has 4 heteroatoms. The highest BCUT2D eigenvalue weighted by Gasteiger charge is 2.45. The highest BCUT2D eigenvalue weighted by Crippen LogP contribution is 2.34. The molecular formula is C10H15NO3. The number of piperidine rings is 1. The van der Waals surface area contributed by atoms with Crippen molar-refractivity contribution in [2.24, 2.45) is 0 Å². The number of Topliss-reactive ketones (excluding diaryl/α,β-unsaturated/α-hetero) is 1. The second kappa shape index (κ2) is 3.35. The van der Waals surface area contributed by atoms with Crippen molar-refractivity contribution in [1.82, 2.24) is 4.90 Å². The standard InChI is InChI=1S/C10H15NO3/c1-6(12)14-10-4-7-3-8(13)5-9(10)11(7)2/h7,9-10H,3-5H2,1-2H3/t7-,9+,10+/m1/s1. The summed E-state index contributed by atoms with van der Waals surface area (Å²) in [4.78, 5) is 24.4. The Hall–Kier alpha value is -0.900. The van der Waals surface area contributed by atoms with Crippen LogP contribution in [0.15, 0.2) is 0 Å². The van der Waals surface area contributed by atoms with Crippen molar-refractivity contribution in [1.29, 1.82) is 0 Å². The van der Waals surface area contributed by atoms with Crippen LogP contribution in [0.5, 0.6) is 0 Å². The molecule has 0 spiro atoms. The predicted octanol–water partition coefficient (Wildman–Crippen LogP) is 0.354.